The van der Waals surface area contributed by atoms with Crippen LogP contribution in [0.2, 0.25) is 0 Å². The van der Waals surface area contributed by atoms with Gasteiger partial charge in [-0.25, -0.2) is 9.59 Å². The number of rotatable bonds is 5. The predicted octanol–water partition coefficient (Wildman–Crippen LogP) is 1.61. The van der Waals surface area contributed by atoms with E-state index in [0.717, 1.165) is 4.57 Å². The molecule has 0 saturated carbocycles. The van der Waals surface area contributed by atoms with Crippen molar-refractivity contribution in [2.45, 2.75) is 20.0 Å². The van der Waals surface area contributed by atoms with Crippen LogP contribution in [0.15, 0.2) is 58.1 Å². The molecule has 8 nitrogen and oxygen atoms in total. The lowest BCUT2D eigenvalue weighted by Crippen LogP contribution is -2.41. The van der Waals surface area contributed by atoms with Gasteiger partial charge in [0.15, 0.2) is 0 Å². The van der Waals surface area contributed by atoms with Crippen LogP contribution in [0, 0.1) is 0 Å². The molecule has 0 fully saturated rings. The third-order valence-electron chi connectivity index (χ3n) is 4.36. The van der Waals surface area contributed by atoms with E-state index in [-0.39, 0.29) is 24.3 Å². The second-order valence-corrected chi connectivity index (χ2v) is 6.02. The molecule has 0 saturated heterocycles. The molecule has 0 aliphatic carbocycles. The van der Waals surface area contributed by atoms with Gasteiger partial charge in [0.05, 0.1) is 29.3 Å². The Bertz CT molecular complexity index is 1180. The number of amides is 1. The third-order valence-corrected chi connectivity index (χ3v) is 4.36. The first kappa shape index (κ1) is 19.1. The lowest BCUT2D eigenvalue weighted by atomic mass is 10.2. The van der Waals surface area contributed by atoms with Gasteiger partial charge in [-0.1, -0.05) is 24.3 Å². The summed E-state index contributed by atoms with van der Waals surface area (Å²) < 4.78 is 7.04. The number of carbonyl (C=O) groups excluding carboxylic acids is 2. The van der Waals surface area contributed by atoms with Crippen molar-refractivity contribution in [3.8, 4) is 0 Å². The van der Waals surface area contributed by atoms with E-state index in [4.69, 9.17) is 4.74 Å². The van der Waals surface area contributed by atoms with Gasteiger partial charge in [-0.15, -0.1) is 0 Å². The maximum atomic E-state index is 12.7. The maximum absolute atomic E-state index is 12.7. The summed E-state index contributed by atoms with van der Waals surface area (Å²) in [5.41, 5.74) is -0.105. The molecule has 1 aromatic heterocycles. The second kappa shape index (κ2) is 7.91. The molecule has 28 heavy (non-hydrogen) atoms. The Morgan fingerprint density at radius 2 is 1.68 bits per heavy atom. The van der Waals surface area contributed by atoms with Crippen molar-refractivity contribution in [2.75, 3.05) is 12.4 Å². The fourth-order valence-corrected chi connectivity index (χ4v) is 3.02. The number of ether oxygens (including phenoxy) is 1. The smallest absolute Gasteiger partial charge is 0.339 e. The van der Waals surface area contributed by atoms with E-state index in [1.165, 1.54) is 17.7 Å². The Morgan fingerprint density at radius 3 is 2.39 bits per heavy atom. The van der Waals surface area contributed by atoms with Crippen LogP contribution in [0.25, 0.3) is 10.9 Å². The van der Waals surface area contributed by atoms with Crippen molar-refractivity contribution < 1.29 is 14.3 Å². The molecule has 1 heterocycles. The predicted molar refractivity (Wildman–Crippen MR) is 105 cm³/mol. The lowest BCUT2D eigenvalue weighted by molar-refractivity contribution is -0.116. The van der Waals surface area contributed by atoms with Crippen LogP contribution < -0.4 is 16.6 Å². The van der Waals surface area contributed by atoms with E-state index >= 15 is 0 Å². The summed E-state index contributed by atoms with van der Waals surface area (Å²) in [4.78, 5) is 49.6. The molecule has 1 amide bonds. The molecule has 2 aromatic carbocycles. The monoisotopic (exact) mass is 381 g/mol. The van der Waals surface area contributed by atoms with Crippen molar-refractivity contribution in [1.82, 2.24) is 9.13 Å². The standard InChI is InChI=1S/C20H19N3O5/c1-3-22-18(25)14-9-5-7-11-16(14)23(20(22)27)12-17(24)21-15-10-6-4-8-13(15)19(26)28-2/h4-11H,3,12H2,1-2H3,(H,21,24). The van der Waals surface area contributed by atoms with Crippen molar-refractivity contribution in [1.29, 1.82) is 0 Å². The highest BCUT2D eigenvalue weighted by molar-refractivity contribution is 6.01. The van der Waals surface area contributed by atoms with Gasteiger partial charge in [-0.05, 0) is 31.2 Å². The van der Waals surface area contributed by atoms with Gasteiger partial charge in [0, 0.05) is 6.54 Å². The summed E-state index contributed by atoms with van der Waals surface area (Å²) in [7, 11) is 1.25. The number of carbonyl (C=O) groups is 2. The van der Waals surface area contributed by atoms with E-state index in [9.17, 15) is 19.2 Å². The zero-order valence-electron chi connectivity index (χ0n) is 15.5. The molecule has 144 valence electrons. The molecular formula is C20H19N3O5. The number of nitrogens with one attached hydrogen (secondary N) is 1. The molecule has 0 radical (unpaired) electrons. The first-order chi connectivity index (χ1) is 13.5. The van der Waals surface area contributed by atoms with Crippen LogP contribution in [0.1, 0.15) is 17.3 Å². The van der Waals surface area contributed by atoms with Crippen molar-refractivity contribution in [2.24, 2.45) is 0 Å². The minimum Gasteiger partial charge on any atom is -0.465 e. The number of aromatic nitrogens is 2. The van der Waals surface area contributed by atoms with E-state index in [1.807, 2.05) is 0 Å². The highest BCUT2D eigenvalue weighted by Gasteiger charge is 2.17. The van der Waals surface area contributed by atoms with E-state index < -0.39 is 23.1 Å². The molecule has 0 aliphatic heterocycles. The van der Waals surface area contributed by atoms with Gasteiger partial charge in [-0.3, -0.25) is 18.7 Å². The lowest BCUT2D eigenvalue weighted by Gasteiger charge is -2.14. The number of benzene rings is 2. The van der Waals surface area contributed by atoms with E-state index in [2.05, 4.69) is 5.32 Å². The van der Waals surface area contributed by atoms with E-state index in [1.54, 1.807) is 49.4 Å². The minimum atomic E-state index is -0.585. The van der Waals surface area contributed by atoms with Crippen LogP contribution in [-0.2, 0) is 22.6 Å². The van der Waals surface area contributed by atoms with Crippen LogP contribution in [0.4, 0.5) is 5.69 Å². The number of esters is 1. The Morgan fingerprint density at radius 1 is 1.00 bits per heavy atom. The summed E-state index contributed by atoms with van der Waals surface area (Å²) in [6, 6.07) is 13.0. The number of anilines is 1. The maximum Gasteiger partial charge on any atom is 0.339 e. The fraction of sp³-hybridized carbons (Fsp3) is 0.200. The SMILES string of the molecule is CCn1c(=O)c2ccccc2n(CC(=O)Nc2ccccc2C(=O)OC)c1=O. The Balaban J connectivity index is 2.01. The molecule has 0 bridgehead atoms. The van der Waals surface area contributed by atoms with Crippen molar-refractivity contribution in [3.05, 3.63) is 74.9 Å². The van der Waals surface area contributed by atoms with Crippen LogP contribution in [-0.4, -0.2) is 28.1 Å². The number of hydrogen-bond donors (Lipinski definition) is 1. The van der Waals surface area contributed by atoms with Crippen LogP contribution in [0.5, 0.6) is 0 Å². The molecule has 0 spiro atoms. The number of nitrogens with zero attached hydrogens (tertiary/aromatic N) is 2. The van der Waals surface area contributed by atoms with Crippen LogP contribution in [0.3, 0.4) is 0 Å². The Labute approximate surface area is 160 Å². The molecule has 0 unspecified atom stereocenters. The van der Waals surface area contributed by atoms with Gasteiger partial charge in [0.25, 0.3) is 5.56 Å². The molecule has 8 heteroatoms. The normalized spacial score (nSPS) is 10.6. The summed E-state index contributed by atoms with van der Waals surface area (Å²) >= 11 is 0. The number of fused-ring (bicyclic) bond motifs is 1. The zero-order valence-corrected chi connectivity index (χ0v) is 15.5. The summed E-state index contributed by atoms with van der Waals surface area (Å²) in [6.07, 6.45) is 0. The van der Waals surface area contributed by atoms with Gasteiger partial charge < -0.3 is 10.1 Å². The zero-order chi connectivity index (χ0) is 20.3. The number of para-hydroxylation sites is 2. The topological polar surface area (TPSA) is 99.4 Å². The molecule has 0 atom stereocenters. The number of hydrogen-bond acceptors (Lipinski definition) is 5. The average Bonchev–Trinajstić information content (AvgIpc) is 2.71. The molecular weight excluding hydrogens is 362 g/mol. The van der Waals surface area contributed by atoms with Gasteiger partial charge in [-0.2, -0.15) is 0 Å². The van der Waals surface area contributed by atoms with Crippen LogP contribution >= 0.6 is 0 Å². The van der Waals surface area contributed by atoms with Gasteiger partial charge >= 0.3 is 11.7 Å². The first-order valence-corrected chi connectivity index (χ1v) is 8.67. The third kappa shape index (κ3) is 3.44. The summed E-state index contributed by atoms with van der Waals surface area (Å²) in [5.74, 6) is -1.09. The average molecular weight is 381 g/mol. The molecule has 0 aliphatic rings. The Hall–Kier alpha value is -3.68. The summed E-state index contributed by atoms with van der Waals surface area (Å²) in [6.45, 7) is 1.57. The quantitative estimate of drug-likeness (QED) is 0.677. The van der Waals surface area contributed by atoms with Crippen molar-refractivity contribution in [3.63, 3.8) is 0 Å². The highest BCUT2D eigenvalue weighted by atomic mass is 16.5. The largest absolute Gasteiger partial charge is 0.465 e. The van der Waals surface area contributed by atoms with Crippen molar-refractivity contribution >= 4 is 28.5 Å². The van der Waals surface area contributed by atoms with Gasteiger partial charge in [0.1, 0.15) is 6.54 Å². The summed E-state index contributed by atoms with van der Waals surface area (Å²) in [5, 5.41) is 2.98. The first-order valence-electron chi connectivity index (χ1n) is 8.67. The molecule has 3 aromatic rings. The Kier molecular flexibility index (Phi) is 5.39. The highest BCUT2D eigenvalue weighted by Crippen LogP contribution is 2.16. The van der Waals surface area contributed by atoms with E-state index in [0.29, 0.717) is 10.9 Å². The molecule has 1 N–H and O–H groups in total. The number of methoxy groups -OCH3 is 1. The second-order valence-electron chi connectivity index (χ2n) is 6.02. The fourth-order valence-electron chi connectivity index (χ4n) is 3.02. The van der Waals surface area contributed by atoms with Gasteiger partial charge in [0.2, 0.25) is 5.91 Å². The minimum absolute atomic E-state index is 0.190. The molecule has 3 rings (SSSR count).